The van der Waals surface area contributed by atoms with E-state index in [0.717, 1.165) is 11.0 Å². The first-order valence-electron chi connectivity index (χ1n) is 5.71. The Labute approximate surface area is 124 Å². The number of halogens is 1. The summed E-state index contributed by atoms with van der Waals surface area (Å²) < 4.78 is 0. The maximum Gasteiger partial charge on any atom is 0.274 e. The normalized spacial score (nSPS) is 9.95. The lowest BCUT2D eigenvalue weighted by molar-refractivity contribution is -0.384. The van der Waals surface area contributed by atoms with Gasteiger partial charge in [-0.1, -0.05) is 18.2 Å². The number of nitro groups is 1. The Morgan fingerprint density at radius 3 is 2.81 bits per heavy atom. The van der Waals surface area contributed by atoms with Crippen molar-refractivity contribution in [1.29, 1.82) is 0 Å². The number of carbonyl (C=O) groups is 1. The van der Waals surface area contributed by atoms with Crippen LogP contribution in [0.25, 0.3) is 0 Å². The number of amides is 1. The third-order valence-electron chi connectivity index (χ3n) is 2.56. The highest BCUT2D eigenvalue weighted by molar-refractivity contribution is 6.34. The summed E-state index contributed by atoms with van der Waals surface area (Å²) >= 11 is 6.02. The standard InChI is InChI=1S/C13H9ClN4O3/c1-2-13(19)17(11-4-5-15-8-10(11)14)12-7-9(18(20)21)3-6-16-12/h2-8H,1H2. The van der Waals surface area contributed by atoms with Crippen LogP contribution in [0.15, 0.2) is 49.4 Å². The molecule has 106 valence electrons. The molecular formula is C13H9ClN4O3. The molecule has 0 bridgehead atoms. The molecule has 7 nitrogen and oxygen atoms in total. The summed E-state index contributed by atoms with van der Waals surface area (Å²) in [7, 11) is 0. The smallest absolute Gasteiger partial charge is 0.269 e. The minimum Gasteiger partial charge on any atom is -0.269 e. The van der Waals surface area contributed by atoms with Crippen LogP contribution < -0.4 is 4.90 Å². The van der Waals surface area contributed by atoms with Gasteiger partial charge in [0.2, 0.25) is 0 Å². The average Bonchev–Trinajstić information content (AvgIpc) is 2.49. The van der Waals surface area contributed by atoms with Crippen LogP contribution in [0, 0.1) is 10.1 Å². The first-order valence-corrected chi connectivity index (χ1v) is 6.09. The maximum atomic E-state index is 12.1. The summed E-state index contributed by atoms with van der Waals surface area (Å²) in [4.78, 5) is 31.3. The first-order chi connectivity index (χ1) is 10.0. The molecule has 2 rings (SSSR count). The Morgan fingerprint density at radius 2 is 2.19 bits per heavy atom. The summed E-state index contributed by atoms with van der Waals surface area (Å²) in [5, 5.41) is 11.0. The molecule has 2 aromatic rings. The molecule has 0 atom stereocenters. The lowest BCUT2D eigenvalue weighted by Crippen LogP contribution is -2.25. The Kier molecular flexibility index (Phi) is 4.24. The second-order valence-electron chi connectivity index (χ2n) is 3.83. The second-order valence-corrected chi connectivity index (χ2v) is 4.24. The molecule has 21 heavy (non-hydrogen) atoms. The largest absolute Gasteiger partial charge is 0.274 e. The fraction of sp³-hybridized carbons (Fsp3) is 0. The molecule has 2 aromatic heterocycles. The van der Waals surface area contributed by atoms with Gasteiger partial charge in [0.1, 0.15) is 5.82 Å². The van der Waals surface area contributed by atoms with Gasteiger partial charge < -0.3 is 0 Å². The van der Waals surface area contributed by atoms with Crippen LogP contribution in [0.3, 0.4) is 0 Å². The van der Waals surface area contributed by atoms with Gasteiger partial charge in [-0.05, 0) is 12.1 Å². The van der Waals surface area contributed by atoms with E-state index in [0.29, 0.717) is 5.69 Å². The molecule has 0 aliphatic heterocycles. The maximum absolute atomic E-state index is 12.1. The molecule has 0 aliphatic rings. The van der Waals surface area contributed by atoms with Gasteiger partial charge in [-0.15, -0.1) is 0 Å². The predicted molar refractivity (Wildman–Crippen MR) is 77.5 cm³/mol. The van der Waals surface area contributed by atoms with E-state index in [2.05, 4.69) is 16.5 Å². The van der Waals surface area contributed by atoms with Crippen LogP contribution in [-0.4, -0.2) is 20.8 Å². The van der Waals surface area contributed by atoms with E-state index in [9.17, 15) is 14.9 Å². The monoisotopic (exact) mass is 304 g/mol. The van der Waals surface area contributed by atoms with Gasteiger partial charge in [-0.2, -0.15) is 0 Å². The number of carbonyl (C=O) groups excluding carboxylic acids is 1. The SMILES string of the molecule is C=CC(=O)N(c1cc([N+](=O)[O-])ccn1)c1ccncc1Cl. The van der Waals surface area contributed by atoms with Crippen LogP contribution >= 0.6 is 11.6 Å². The zero-order valence-electron chi connectivity index (χ0n) is 10.6. The fourth-order valence-corrected chi connectivity index (χ4v) is 1.84. The van der Waals surface area contributed by atoms with Crippen LogP contribution in [0.1, 0.15) is 0 Å². The van der Waals surface area contributed by atoms with Crippen molar-refractivity contribution in [1.82, 2.24) is 9.97 Å². The van der Waals surface area contributed by atoms with Crippen molar-refractivity contribution in [3.8, 4) is 0 Å². The number of hydrogen-bond acceptors (Lipinski definition) is 5. The Bertz CT molecular complexity index is 720. The summed E-state index contributed by atoms with van der Waals surface area (Å²) in [6, 6.07) is 3.91. The highest BCUT2D eigenvalue weighted by Crippen LogP contribution is 2.31. The summed E-state index contributed by atoms with van der Waals surface area (Å²) in [5.41, 5.74) is 0.122. The van der Waals surface area contributed by atoms with Crippen molar-refractivity contribution < 1.29 is 9.72 Å². The molecule has 2 heterocycles. The Hall–Kier alpha value is -2.80. The molecule has 0 aromatic carbocycles. The molecule has 0 unspecified atom stereocenters. The zero-order valence-corrected chi connectivity index (χ0v) is 11.4. The number of anilines is 2. The molecule has 0 saturated carbocycles. The van der Waals surface area contributed by atoms with Crippen molar-refractivity contribution in [3.63, 3.8) is 0 Å². The molecule has 0 spiro atoms. The quantitative estimate of drug-likeness (QED) is 0.492. The van der Waals surface area contributed by atoms with E-state index in [1.54, 1.807) is 0 Å². The lowest BCUT2D eigenvalue weighted by atomic mass is 10.3. The number of nitrogens with zero attached hydrogens (tertiary/aromatic N) is 4. The lowest BCUT2D eigenvalue weighted by Gasteiger charge is -2.20. The summed E-state index contributed by atoms with van der Waals surface area (Å²) in [5.74, 6) is -0.446. The molecular weight excluding hydrogens is 296 g/mol. The number of pyridine rings is 2. The van der Waals surface area contributed by atoms with Crippen molar-refractivity contribution in [2.24, 2.45) is 0 Å². The van der Waals surface area contributed by atoms with E-state index in [4.69, 9.17) is 11.6 Å². The highest BCUT2D eigenvalue weighted by Gasteiger charge is 2.21. The van der Waals surface area contributed by atoms with Gasteiger partial charge >= 0.3 is 0 Å². The van der Waals surface area contributed by atoms with E-state index < -0.39 is 10.8 Å². The minimum absolute atomic E-state index is 0.0715. The first kappa shape index (κ1) is 14.6. The van der Waals surface area contributed by atoms with Crippen LogP contribution in [-0.2, 0) is 4.79 Å². The van der Waals surface area contributed by atoms with E-state index >= 15 is 0 Å². The van der Waals surface area contributed by atoms with Crippen molar-refractivity contribution >= 4 is 34.7 Å². The van der Waals surface area contributed by atoms with Gasteiger partial charge in [0.25, 0.3) is 11.6 Å². The summed E-state index contributed by atoms with van der Waals surface area (Å²) in [6.45, 7) is 3.41. The Balaban J connectivity index is 2.59. The van der Waals surface area contributed by atoms with Gasteiger partial charge in [-0.3, -0.25) is 24.8 Å². The molecule has 8 heteroatoms. The molecule has 1 amide bonds. The van der Waals surface area contributed by atoms with E-state index in [-0.39, 0.29) is 16.5 Å². The van der Waals surface area contributed by atoms with Crippen LogP contribution in [0.2, 0.25) is 5.02 Å². The zero-order chi connectivity index (χ0) is 15.4. The predicted octanol–water partition coefficient (Wildman–Crippen LogP) is 2.89. The number of rotatable bonds is 4. The summed E-state index contributed by atoms with van der Waals surface area (Å²) in [6.07, 6.45) is 5.11. The fourth-order valence-electron chi connectivity index (χ4n) is 1.64. The average molecular weight is 305 g/mol. The van der Waals surface area contributed by atoms with Gasteiger partial charge in [0.15, 0.2) is 0 Å². The highest BCUT2D eigenvalue weighted by atomic mass is 35.5. The number of hydrogen-bond donors (Lipinski definition) is 0. The van der Waals surface area contributed by atoms with Gasteiger partial charge in [0.05, 0.1) is 21.7 Å². The molecule has 0 radical (unpaired) electrons. The van der Waals surface area contributed by atoms with Crippen LogP contribution in [0.4, 0.5) is 17.2 Å². The molecule has 0 aliphatic carbocycles. The molecule has 0 saturated heterocycles. The topological polar surface area (TPSA) is 89.2 Å². The van der Waals surface area contributed by atoms with Gasteiger partial charge in [0, 0.05) is 24.7 Å². The van der Waals surface area contributed by atoms with Crippen molar-refractivity contribution in [3.05, 3.63) is 64.6 Å². The van der Waals surface area contributed by atoms with Crippen molar-refractivity contribution in [2.75, 3.05) is 4.90 Å². The van der Waals surface area contributed by atoms with Gasteiger partial charge in [-0.25, -0.2) is 4.98 Å². The third-order valence-corrected chi connectivity index (χ3v) is 2.85. The third kappa shape index (κ3) is 3.03. The van der Waals surface area contributed by atoms with E-state index in [1.807, 2.05) is 0 Å². The van der Waals surface area contributed by atoms with Crippen molar-refractivity contribution in [2.45, 2.75) is 0 Å². The van der Waals surface area contributed by atoms with E-state index in [1.165, 1.54) is 36.8 Å². The van der Waals surface area contributed by atoms with Crippen LogP contribution in [0.5, 0.6) is 0 Å². The Morgan fingerprint density at radius 1 is 1.43 bits per heavy atom. The molecule has 0 N–H and O–H groups in total. The number of aromatic nitrogens is 2. The molecule has 0 fully saturated rings. The second kappa shape index (κ2) is 6.10. The minimum atomic E-state index is -0.574.